The first-order valence-corrected chi connectivity index (χ1v) is 12.1. The number of aromatic amines is 1. The van der Waals surface area contributed by atoms with Crippen LogP contribution in [0.2, 0.25) is 0 Å². The molecule has 0 atom stereocenters. The molecule has 0 radical (unpaired) electrons. The number of fused-ring (bicyclic) bond motifs is 1. The van der Waals surface area contributed by atoms with E-state index in [1.54, 1.807) is 12.1 Å². The molecule has 2 aromatic heterocycles. The summed E-state index contributed by atoms with van der Waals surface area (Å²) < 4.78 is 57.4. The highest BCUT2D eigenvalue weighted by Crippen LogP contribution is 2.35. The van der Waals surface area contributed by atoms with Crippen LogP contribution in [0.25, 0.3) is 22.0 Å². The molecule has 5 rings (SSSR count). The minimum Gasteiger partial charge on any atom is -0.331 e. The lowest BCUT2D eigenvalue weighted by Crippen LogP contribution is -2.35. The Balaban J connectivity index is 1.81. The van der Waals surface area contributed by atoms with Gasteiger partial charge in [-0.05, 0) is 49.2 Å². The number of amides is 1. The predicted octanol–water partition coefficient (Wildman–Crippen LogP) is 3.55. The zero-order valence-electron chi connectivity index (χ0n) is 17.7. The molecule has 174 valence electrons. The van der Waals surface area contributed by atoms with Crippen molar-refractivity contribution < 1.29 is 22.0 Å². The summed E-state index contributed by atoms with van der Waals surface area (Å²) in [6.45, 7) is -0.147. The van der Waals surface area contributed by atoms with Gasteiger partial charge in [-0.25, -0.2) is 21.9 Å². The van der Waals surface area contributed by atoms with E-state index in [0.29, 0.717) is 18.4 Å². The second kappa shape index (κ2) is 8.21. The topological polar surface area (TPSA) is 101 Å². The van der Waals surface area contributed by atoms with Gasteiger partial charge in [0.1, 0.15) is 17.3 Å². The number of rotatable bonds is 6. The Morgan fingerprint density at radius 2 is 1.85 bits per heavy atom. The lowest BCUT2D eigenvalue weighted by Gasteiger charge is -2.13. The molecule has 7 nitrogen and oxygen atoms in total. The highest BCUT2D eigenvalue weighted by atomic mass is 32.2. The Hall–Kier alpha value is -3.79. The number of hydrogen-bond donors (Lipinski definition) is 2. The summed E-state index contributed by atoms with van der Waals surface area (Å²) in [7, 11) is -3.93. The largest absolute Gasteiger partial charge is 0.331 e. The average molecular weight is 483 g/mol. The first-order valence-electron chi connectivity index (χ1n) is 10.6. The molecule has 0 spiro atoms. The fourth-order valence-corrected chi connectivity index (χ4v) is 5.33. The smallest absolute Gasteiger partial charge is 0.282 e. The van der Waals surface area contributed by atoms with E-state index in [0.717, 1.165) is 0 Å². The first kappa shape index (κ1) is 22.0. The van der Waals surface area contributed by atoms with Crippen LogP contribution in [-0.4, -0.2) is 29.1 Å². The van der Waals surface area contributed by atoms with Crippen LogP contribution in [0, 0.1) is 11.6 Å². The molecule has 1 amide bonds. The monoisotopic (exact) mass is 483 g/mol. The van der Waals surface area contributed by atoms with Gasteiger partial charge in [0.2, 0.25) is 10.0 Å². The van der Waals surface area contributed by atoms with Crippen LogP contribution < -0.4 is 10.3 Å². The number of hydrogen-bond acceptors (Lipinski definition) is 4. The second-order valence-electron chi connectivity index (χ2n) is 8.15. The van der Waals surface area contributed by atoms with Gasteiger partial charge in [0, 0.05) is 33.8 Å². The van der Waals surface area contributed by atoms with Crippen LogP contribution in [0.15, 0.2) is 65.6 Å². The molecule has 2 N–H and O–H groups in total. The van der Waals surface area contributed by atoms with E-state index in [1.165, 1.54) is 53.2 Å². The van der Waals surface area contributed by atoms with Gasteiger partial charge in [0.05, 0.1) is 11.8 Å². The molecule has 1 saturated carbocycles. The van der Waals surface area contributed by atoms with Crippen molar-refractivity contribution in [2.75, 3.05) is 0 Å². The van der Waals surface area contributed by atoms with Gasteiger partial charge in [0.15, 0.2) is 0 Å². The predicted molar refractivity (Wildman–Crippen MR) is 123 cm³/mol. The highest BCUT2D eigenvalue weighted by molar-refractivity contribution is 7.91. The maximum absolute atomic E-state index is 14.5. The van der Waals surface area contributed by atoms with E-state index >= 15 is 0 Å². The molecular formula is C24H19F2N3O4S. The minimum atomic E-state index is -3.93. The van der Waals surface area contributed by atoms with Crippen molar-refractivity contribution in [3.8, 4) is 11.1 Å². The van der Waals surface area contributed by atoms with E-state index in [1.807, 2.05) is 0 Å². The van der Waals surface area contributed by atoms with E-state index in [4.69, 9.17) is 0 Å². The fourth-order valence-electron chi connectivity index (χ4n) is 4.05. The van der Waals surface area contributed by atoms with Crippen LogP contribution in [0.1, 0.15) is 28.9 Å². The molecule has 10 heteroatoms. The van der Waals surface area contributed by atoms with Crippen LogP contribution in [0.4, 0.5) is 8.78 Å². The molecule has 2 aromatic carbocycles. The van der Waals surface area contributed by atoms with Crippen molar-refractivity contribution in [1.29, 1.82) is 0 Å². The summed E-state index contributed by atoms with van der Waals surface area (Å²) in [4.78, 5) is 28.6. The Kier molecular flexibility index (Phi) is 5.32. The van der Waals surface area contributed by atoms with Crippen molar-refractivity contribution in [1.82, 2.24) is 14.3 Å². The number of carbonyl (C=O) groups is 1. The number of benzene rings is 2. The first-order chi connectivity index (χ1) is 16.3. The fraction of sp³-hybridized carbons (Fsp3) is 0.167. The summed E-state index contributed by atoms with van der Waals surface area (Å²) in [5.41, 5.74) is -0.0238. The third-order valence-corrected chi connectivity index (χ3v) is 7.63. The third kappa shape index (κ3) is 3.90. The van der Waals surface area contributed by atoms with Crippen LogP contribution in [0.5, 0.6) is 0 Å². The number of pyridine rings is 1. The summed E-state index contributed by atoms with van der Waals surface area (Å²) in [5, 5.41) is -0.441. The molecule has 4 aromatic rings. The van der Waals surface area contributed by atoms with E-state index in [2.05, 4.69) is 9.71 Å². The van der Waals surface area contributed by atoms with Gasteiger partial charge >= 0.3 is 0 Å². The van der Waals surface area contributed by atoms with Crippen molar-refractivity contribution in [3.63, 3.8) is 0 Å². The molecule has 0 aliphatic heterocycles. The molecule has 1 fully saturated rings. The minimum absolute atomic E-state index is 0.0550. The average Bonchev–Trinajstić information content (AvgIpc) is 3.60. The van der Waals surface area contributed by atoms with E-state index in [9.17, 15) is 26.8 Å². The van der Waals surface area contributed by atoms with E-state index < -0.39 is 38.4 Å². The van der Waals surface area contributed by atoms with Gasteiger partial charge < -0.3 is 9.55 Å². The Morgan fingerprint density at radius 1 is 1.09 bits per heavy atom. The van der Waals surface area contributed by atoms with Gasteiger partial charge in [-0.15, -0.1) is 0 Å². The number of H-pyrrole nitrogens is 1. The lowest BCUT2D eigenvalue weighted by atomic mass is 10.0. The van der Waals surface area contributed by atoms with Gasteiger partial charge in [-0.1, -0.05) is 18.2 Å². The molecule has 2 heterocycles. The molecule has 1 aliphatic carbocycles. The number of sulfonamides is 1. The van der Waals surface area contributed by atoms with Crippen molar-refractivity contribution in [2.45, 2.75) is 24.6 Å². The number of halogens is 2. The molecule has 0 saturated heterocycles. The lowest BCUT2D eigenvalue weighted by molar-refractivity contribution is 0.0974. The van der Waals surface area contributed by atoms with Crippen molar-refractivity contribution >= 4 is 26.8 Å². The normalized spacial score (nSPS) is 13.8. The number of carbonyl (C=O) groups excluding carboxylic acids is 1. The molecular weight excluding hydrogens is 464 g/mol. The van der Waals surface area contributed by atoms with Crippen molar-refractivity contribution in [3.05, 3.63) is 94.0 Å². The zero-order chi connectivity index (χ0) is 24.0. The Bertz CT molecular complexity index is 1600. The summed E-state index contributed by atoms with van der Waals surface area (Å²) >= 11 is 0. The summed E-state index contributed by atoms with van der Waals surface area (Å²) in [6, 6.07) is 12.7. The van der Waals surface area contributed by atoms with Gasteiger partial charge in [-0.2, -0.15) is 0 Å². The quantitative estimate of drug-likeness (QED) is 0.438. The van der Waals surface area contributed by atoms with Crippen molar-refractivity contribution in [2.24, 2.45) is 0 Å². The maximum atomic E-state index is 14.5. The molecule has 1 aliphatic rings. The second-order valence-corrected chi connectivity index (χ2v) is 10.1. The standard InChI is InChI=1S/C24H19F2N3O4S/c25-15-7-10-20-18(12-15)21(17-5-3-11-27-23(17)30)22(24(31)28-34(32,33)16-8-9-16)29(20)13-14-4-1-2-6-19(14)26/h1-7,10-12,16H,8-9,13H2,(H,27,30)(H,28,31). The van der Waals surface area contributed by atoms with Gasteiger partial charge in [-0.3, -0.25) is 9.59 Å². The van der Waals surface area contributed by atoms with Gasteiger partial charge in [0.25, 0.3) is 11.5 Å². The van der Waals surface area contributed by atoms with Crippen LogP contribution in [0.3, 0.4) is 0 Å². The highest BCUT2D eigenvalue weighted by Gasteiger charge is 2.38. The summed E-state index contributed by atoms with van der Waals surface area (Å²) in [6.07, 6.45) is 2.29. The molecule has 0 unspecified atom stereocenters. The number of aromatic nitrogens is 2. The number of nitrogens with zero attached hydrogens (tertiary/aromatic N) is 1. The maximum Gasteiger partial charge on any atom is 0.282 e. The number of nitrogens with one attached hydrogen (secondary N) is 2. The Morgan fingerprint density at radius 3 is 2.56 bits per heavy atom. The zero-order valence-corrected chi connectivity index (χ0v) is 18.5. The Labute approximate surface area is 193 Å². The van der Waals surface area contributed by atoms with Crippen LogP contribution in [-0.2, 0) is 16.6 Å². The molecule has 0 bridgehead atoms. The van der Waals surface area contributed by atoms with Crippen LogP contribution >= 0.6 is 0 Å². The SMILES string of the molecule is O=C(NS(=O)(=O)C1CC1)c1c(-c2ccc[nH]c2=O)c2cc(F)ccc2n1Cc1ccccc1F. The third-order valence-electron chi connectivity index (χ3n) is 5.81. The summed E-state index contributed by atoms with van der Waals surface area (Å²) in [5.74, 6) is -2.11. The molecule has 34 heavy (non-hydrogen) atoms. The van der Waals surface area contributed by atoms with E-state index in [-0.39, 0.29) is 34.3 Å².